The van der Waals surface area contributed by atoms with Gasteiger partial charge in [-0.25, -0.2) is 9.97 Å². The van der Waals surface area contributed by atoms with Gasteiger partial charge in [0.1, 0.15) is 23.2 Å². The van der Waals surface area contributed by atoms with Gasteiger partial charge in [-0.3, -0.25) is 14.2 Å². The number of H-pyrrole nitrogens is 1. The van der Waals surface area contributed by atoms with Gasteiger partial charge in [0.25, 0.3) is 5.56 Å². The van der Waals surface area contributed by atoms with E-state index in [-0.39, 0.29) is 11.0 Å². The van der Waals surface area contributed by atoms with Crippen LogP contribution < -0.4 is 16.3 Å². The molecule has 0 bridgehead atoms. The van der Waals surface area contributed by atoms with Gasteiger partial charge in [-0.15, -0.1) is 0 Å². The second-order valence-corrected chi connectivity index (χ2v) is 7.58. The number of nitrogens with zero attached hydrogens (tertiary/aromatic N) is 4. The summed E-state index contributed by atoms with van der Waals surface area (Å²) in [6, 6.07) is 19.5. The Bertz CT molecular complexity index is 1660. The van der Waals surface area contributed by atoms with Gasteiger partial charge in [0, 0.05) is 23.6 Å². The number of aromatic amines is 1. The Kier molecular flexibility index (Phi) is 4.92. The van der Waals surface area contributed by atoms with Gasteiger partial charge < -0.3 is 10.3 Å². The first kappa shape index (κ1) is 20.2. The fraction of sp³-hybridized carbons (Fsp3) is 0.0800. The van der Waals surface area contributed by atoms with Gasteiger partial charge in [-0.2, -0.15) is 5.26 Å². The zero-order chi connectivity index (χ0) is 22.9. The van der Waals surface area contributed by atoms with E-state index in [2.05, 4.69) is 26.3 Å². The molecule has 0 aliphatic rings. The van der Waals surface area contributed by atoms with Crippen molar-refractivity contribution >= 4 is 27.6 Å². The van der Waals surface area contributed by atoms with Crippen LogP contribution in [0.2, 0.25) is 0 Å². The molecule has 0 saturated heterocycles. The van der Waals surface area contributed by atoms with Crippen molar-refractivity contribution in [3.05, 3.63) is 105 Å². The van der Waals surface area contributed by atoms with E-state index in [1.54, 1.807) is 16.7 Å². The number of nitrogens with one attached hydrogen (secondary N) is 2. The number of hydrogen-bond acceptors (Lipinski definition) is 6. The van der Waals surface area contributed by atoms with Crippen LogP contribution >= 0.6 is 0 Å². The van der Waals surface area contributed by atoms with Crippen molar-refractivity contribution in [2.24, 2.45) is 0 Å². The van der Waals surface area contributed by atoms with E-state index < -0.39 is 6.04 Å². The molecule has 3 aromatic heterocycles. The molecule has 3 heterocycles. The minimum absolute atomic E-state index is 0.211. The number of nitriles is 1. The molecule has 33 heavy (non-hydrogen) atoms. The molecule has 8 nitrogen and oxygen atoms in total. The summed E-state index contributed by atoms with van der Waals surface area (Å²) < 4.78 is 1.59. The largest absolute Gasteiger partial charge is 0.361 e. The first-order valence-electron chi connectivity index (χ1n) is 10.3. The Morgan fingerprint density at radius 3 is 2.64 bits per heavy atom. The average molecular weight is 434 g/mol. The summed E-state index contributed by atoms with van der Waals surface area (Å²) >= 11 is 0. The first-order valence-corrected chi connectivity index (χ1v) is 10.3. The van der Waals surface area contributed by atoms with Crippen molar-refractivity contribution in [1.82, 2.24) is 19.5 Å². The van der Waals surface area contributed by atoms with Crippen LogP contribution in [0.3, 0.4) is 0 Å². The average Bonchev–Trinajstić information content (AvgIpc) is 2.84. The SMILES string of the molecule is C[C@H](Nc1ncnc2[nH]ccc(=O)c12)c1cc2cccc(C#N)c2c(=O)n1-c1ccccc1. The molecule has 0 radical (unpaired) electrons. The molecular formula is C25H18N6O2. The normalized spacial score (nSPS) is 11.9. The molecule has 0 aliphatic heterocycles. The van der Waals surface area contributed by atoms with E-state index in [1.165, 1.54) is 18.6 Å². The molecule has 5 aromatic rings. The van der Waals surface area contributed by atoms with Crippen LogP contribution in [0.1, 0.15) is 24.2 Å². The highest BCUT2D eigenvalue weighted by atomic mass is 16.1. The van der Waals surface area contributed by atoms with Crippen LogP contribution in [0.4, 0.5) is 5.82 Å². The second-order valence-electron chi connectivity index (χ2n) is 7.58. The Hall–Kier alpha value is -4.77. The Morgan fingerprint density at radius 1 is 1.03 bits per heavy atom. The molecular weight excluding hydrogens is 416 g/mol. The van der Waals surface area contributed by atoms with E-state index in [0.29, 0.717) is 44.6 Å². The Morgan fingerprint density at radius 2 is 1.85 bits per heavy atom. The van der Waals surface area contributed by atoms with Crippen LogP contribution in [0.5, 0.6) is 0 Å². The van der Waals surface area contributed by atoms with Crippen molar-refractivity contribution in [3.8, 4) is 11.8 Å². The van der Waals surface area contributed by atoms with E-state index in [9.17, 15) is 14.9 Å². The Labute approximate surface area is 187 Å². The molecule has 2 aromatic carbocycles. The summed E-state index contributed by atoms with van der Waals surface area (Å²) in [5, 5.41) is 14.2. The standard InChI is InChI=1S/C25H18N6O2/c1-15(30-24-22-20(32)10-11-27-23(22)28-14-29-24)19-12-16-6-5-7-17(13-26)21(16)25(33)31(19)18-8-3-2-4-9-18/h2-12,14-15H,1H3,(H2,27,28,29,30,32)/t15-/m0/s1. The molecule has 0 spiro atoms. The molecule has 1 atom stereocenters. The maximum absolute atomic E-state index is 13.7. The maximum Gasteiger partial charge on any atom is 0.264 e. The number of pyridine rings is 2. The predicted octanol–water partition coefficient (Wildman–Crippen LogP) is 3.67. The molecule has 2 N–H and O–H groups in total. The lowest BCUT2D eigenvalue weighted by atomic mass is 10.0. The minimum Gasteiger partial charge on any atom is -0.361 e. The summed E-state index contributed by atoms with van der Waals surface area (Å²) in [4.78, 5) is 37.5. The predicted molar refractivity (Wildman–Crippen MR) is 126 cm³/mol. The second kappa shape index (κ2) is 8.05. The zero-order valence-electron chi connectivity index (χ0n) is 17.6. The molecule has 0 fully saturated rings. The number of benzene rings is 2. The number of hydrogen-bond donors (Lipinski definition) is 2. The smallest absolute Gasteiger partial charge is 0.264 e. The summed E-state index contributed by atoms with van der Waals surface area (Å²) in [5.74, 6) is 0.368. The summed E-state index contributed by atoms with van der Waals surface area (Å²) in [5.41, 5.74) is 1.58. The Balaban J connectivity index is 1.74. The van der Waals surface area contributed by atoms with Gasteiger partial charge in [0.2, 0.25) is 0 Å². The van der Waals surface area contributed by atoms with Crippen molar-refractivity contribution in [3.63, 3.8) is 0 Å². The van der Waals surface area contributed by atoms with Crippen LogP contribution in [0.15, 0.2) is 82.8 Å². The van der Waals surface area contributed by atoms with Crippen LogP contribution in [-0.2, 0) is 0 Å². The van der Waals surface area contributed by atoms with Gasteiger partial charge in [0.15, 0.2) is 5.43 Å². The fourth-order valence-corrected chi connectivity index (χ4v) is 4.03. The van der Waals surface area contributed by atoms with Gasteiger partial charge in [-0.1, -0.05) is 30.3 Å². The third-order valence-corrected chi connectivity index (χ3v) is 5.56. The van der Waals surface area contributed by atoms with E-state index >= 15 is 0 Å². The molecule has 0 aliphatic carbocycles. The highest BCUT2D eigenvalue weighted by Crippen LogP contribution is 2.26. The van der Waals surface area contributed by atoms with Gasteiger partial charge in [0.05, 0.1) is 23.1 Å². The van der Waals surface area contributed by atoms with Crippen molar-refractivity contribution in [2.75, 3.05) is 5.32 Å². The molecule has 8 heteroatoms. The van der Waals surface area contributed by atoms with Crippen LogP contribution in [0, 0.1) is 11.3 Å². The number of fused-ring (bicyclic) bond motifs is 2. The minimum atomic E-state index is -0.411. The summed E-state index contributed by atoms with van der Waals surface area (Å²) in [7, 11) is 0. The lowest BCUT2D eigenvalue weighted by Gasteiger charge is -2.22. The molecule has 0 saturated carbocycles. The lowest BCUT2D eigenvalue weighted by Crippen LogP contribution is -2.26. The molecule has 0 amide bonds. The van der Waals surface area contributed by atoms with E-state index in [1.807, 2.05) is 49.4 Å². The van der Waals surface area contributed by atoms with Crippen molar-refractivity contribution in [1.29, 1.82) is 5.26 Å². The van der Waals surface area contributed by atoms with Crippen LogP contribution in [0.25, 0.3) is 27.5 Å². The molecule has 0 unspecified atom stereocenters. The van der Waals surface area contributed by atoms with Crippen molar-refractivity contribution < 1.29 is 0 Å². The van der Waals surface area contributed by atoms with Gasteiger partial charge in [-0.05, 0) is 36.6 Å². The quantitative estimate of drug-likeness (QED) is 0.446. The third kappa shape index (κ3) is 3.42. The van der Waals surface area contributed by atoms with E-state index in [0.717, 1.165) is 0 Å². The number of anilines is 1. The topological polar surface area (TPSA) is 116 Å². The third-order valence-electron chi connectivity index (χ3n) is 5.56. The highest BCUT2D eigenvalue weighted by molar-refractivity contribution is 5.88. The summed E-state index contributed by atoms with van der Waals surface area (Å²) in [6.45, 7) is 1.89. The van der Waals surface area contributed by atoms with Gasteiger partial charge >= 0.3 is 0 Å². The monoisotopic (exact) mass is 434 g/mol. The highest BCUT2D eigenvalue weighted by Gasteiger charge is 2.19. The first-order chi connectivity index (χ1) is 16.1. The fourth-order valence-electron chi connectivity index (χ4n) is 4.03. The zero-order valence-corrected chi connectivity index (χ0v) is 17.6. The van der Waals surface area contributed by atoms with Crippen molar-refractivity contribution in [2.45, 2.75) is 13.0 Å². The molecule has 160 valence electrons. The number of para-hydroxylation sites is 1. The number of aromatic nitrogens is 4. The molecule has 5 rings (SSSR count). The van der Waals surface area contributed by atoms with E-state index in [4.69, 9.17) is 0 Å². The summed E-state index contributed by atoms with van der Waals surface area (Å²) in [6.07, 6.45) is 2.91. The van der Waals surface area contributed by atoms with Crippen LogP contribution in [-0.4, -0.2) is 19.5 Å². The lowest BCUT2D eigenvalue weighted by molar-refractivity contribution is 0.774. The maximum atomic E-state index is 13.7. The number of rotatable bonds is 4.